The molecule has 1 saturated heterocycles. The fourth-order valence-corrected chi connectivity index (χ4v) is 11.1. The van der Waals surface area contributed by atoms with Gasteiger partial charge in [-0.15, -0.1) is 0 Å². The molecule has 5 aliphatic carbocycles. The highest BCUT2D eigenvalue weighted by Crippen LogP contribution is 2.78. The zero-order valence-corrected chi connectivity index (χ0v) is 29.0. The summed E-state index contributed by atoms with van der Waals surface area (Å²) in [7, 11) is 1.85. The lowest BCUT2D eigenvalue weighted by molar-refractivity contribution is -0.312. The van der Waals surface area contributed by atoms with Gasteiger partial charge in [-0.3, -0.25) is 9.69 Å². The van der Waals surface area contributed by atoms with E-state index in [4.69, 9.17) is 14.2 Å². The van der Waals surface area contributed by atoms with Gasteiger partial charge in [0.25, 0.3) is 0 Å². The molecule has 7 atom stereocenters. The molecule has 6 nitrogen and oxygen atoms in total. The molecule has 7 aliphatic rings. The highest BCUT2D eigenvalue weighted by atomic mass is 16.6. The van der Waals surface area contributed by atoms with Gasteiger partial charge in [-0.1, -0.05) is 72.3 Å². The molecule has 6 heteroatoms. The van der Waals surface area contributed by atoms with Gasteiger partial charge in [-0.05, 0) is 87.8 Å². The third-order valence-electron chi connectivity index (χ3n) is 14.0. The number of carbonyl (C=O) groups is 1. The number of esters is 1. The number of benzene rings is 1. The monoisotopic (exact) mass is 621 g/mol. The number of aliphatic hydroxyl groups is 1. The summed E-state index contributed by atoms with van der Waals surface area (Å²) in [5, 5.41) is 12.5. The van der Waals surface area contributed by atoms with E-state index >= 15 is 0 Å². The maximum absolute atomic E-state index is 13.2. The van der Waals surface area contributed by atoms with E-state index in [1.54, 1.807) is 0 Å². The Balaban J connectivity index is 1.24. The first-order chi connectivity index (χ1) is 21.4. The van der Waals surface area contributed by atoms with Gasteiger partial charge >= 0.3 is 5.97 Å². The number of piperidine rings is 1. The van der Waals surface area contributed by atoms with E-state index in [1.165, 1.54) is 62.6 Å². The van der Waals surface area contributed by atoms with Crippen molar-refractivity contribution in [2.24, 2.45) is 22.7 Å². The fraction of sp³-hybridized carbons (Fsp3) is 0.821. The van der Waals surface area contributed by atoms with E-state index in [0.29, 0.717) is 18.2 Å². The van der Waals surface area contributed by atoms with Gasteiger partial charge in [0.2, 0.25) is 0 Å². The van der Waals surface area contributed by atoms with Crippen LogP contribution in [0.2, 0.25) is 0 Å². The Hall–Kier alpha value is -1.63. The summed E-state index contributed by atoms with van der Waals surface area (Å²) in [6.45, 7) is 13.1. The first kappa shape index (κ1) is 31.9. The van der Waals surface area contributed by atoms with Crippen molar-refractivity contribution < 1.29 is 24.1 Å². The first-order valence-corrected chi connectivity index (χ1v) is 18.5. The first-order valence-electron chi connectivity index (χ1n) is 18.5. The molecule has 1 aromatic carbocycles. The fourth-order valence-electron chi connectivity index (χ4n) is 11.1. The normalized spacial score (nSPS) is 35.9. The summed E-state index contributed by atoms with van der Waals surface area (Å²) >= 11 is 0. The largest absolute Gasteiger partial charge is 0.482 e. The lowest BCUT2D eigenvalue weighted by atomic mass is 9.33. The molecule has 4 saturated carbocycles. The minimum atomic E-state index is -0.947. The average molecular weight is 622 g/mol. The molecule has 2 spiro atoms. The molecular formula is C39H59NO5. The summed E-state index contributed by atoms with van der Waals surface area (Å²) in [4.78, 5) is 16.0. The number of rotatable bonds is 13. The highest BCUT2D eigenvalue weighted by molar-refractivity contribution is 5.75. The number of fused-ring (bicyclic) bond motifs is 2. The molecule has 1 unspecified atom stereocenters. The maximum atomic E-state index is 13.2. The second-order valence-corrected chi connectivity index (χ2v) is 17.1. The van der Waals surface area contributed by atoms with Crippen LogP contribution in [-0.4, -0.2) is 59.5 Å². The molecule has 2 aliphatic heterocycles. The van der Waals surface area contributed by atoms with Crippen LogP contribution in [0.1, 0.15) is 136 Å². The molecule has 1 aromatic rings. The molecule has 2 heterocycles. The molecule has 45 heavy (non-hydrogen) atoms. The predicted molar refractivity (Wildman–Crippen MR) is 177 cm³/mol. The van der Waals surface area contributed by atoms with Crippen molar-refractivity contribution in [3.8, 4) is 11.5 Å². The van der Waals surface area contributed by atoms with E-state index in [9.17, 15) is 9.90 Å². The number of hydrogen-bond donors (Lipinski definition) is 1. The molecule has 0 radical (unpaired) electrons. The van der Waals surface area contributed by atoms with Crippen LogP contribution in [0.4, 0.5) is 0 Å². The van der Waals surface area contributed by atoms with Gasteiger partial charge < -0.3 is 19.3 Å². The van der Waals surface area contributed by atoms with Crippen LogP contribution < -0.4 is 9.47 Å². The van der Waals surface area contributed by atoms with Crippen LogP contribution in [0.25, 0.3) is 0 Å². The Labute approximate surface area is 271 Å². The molecule has 8 rings (SSSR count). The second-order valence-electron chi connectivity index (χ2n) is 17.1. The van der Waals surface area contributed by atoms with E-state index < -0.39 is 11.2 Å². The summed E-state index contributed by atoms with van der Waals surface area (Å²) in [5.74, 6) is 1.99. The third-order valence-corrected chi connectivity index (χ3v) is 14.0. The zero-order chi connectivity index (χ0) is 31.8. The lowest BCUT2D eigenvalue weighted by Crippen LogP contribution is -2.83. The van der Waals surface area contributed by atoms with Crippen LogP contribution in [0, 0.1) is 22.7 Å². The van der Waals surface area contributed by atoms with Gasteiger partial charge in [-0.25, -0.2) is 0 Å². The van der Waals surface area contributed by atoms with Gasteiger partial charge in [0.15, 0.2) is 11.5 Å². The van der Waals surface area contributed by atoms with Gasteiger partial charge in [-0.2, -0.15) is 0 Å². The maximum Gasteiger partial charge on any atom is 0.311 e. The van der Waals surface area contributed by atoms with Crippen molar-refractivity contribution in [2.75, 3.05) is 20.2 Å². The quantitative estimate of drug-likeness (QED) is 0.138. The van der Waals surface area contributed by atoms with Gasteiger partial charge in [0, 0.05) is 48.4 Å². The highest BCUT2D eigenvalue weighted by Gasteiger charge is 2.82. The number of unbranched alkanes of at least 4 members (excludes halogenated alkanes) is 6. The Morgan fingerprint density at radius 1 is 1.04 bits per heavy atom. The Bertz CT molecular complexity index is 1300. The molecular weight excluding hydrogens is 562 g/mol. The van der Waals surface area contributed by atoms with Crippen molar-refractivity contribution in [3.05, 3.63) is 23.3 Å². The molecule has 1 N–H and O–H groups in total. The number of methoxy groups -OCH3 is 1. The smallest absolute Gasteiger partial charge is 0.311 e. The predicted octanol–water partition coefficient (Wildman–Crippen LogP) is 7.75. The van der Waals surface area contributed by atoms with Crippen molar-refractivity contribution in [1.82, 2.24) is 4.90 Å². The van der Waals surface area contributed by atoms with Crippen LogP contribution in [-0.2, 0) is 21.4 Å². The summed E-state index contributed by atoms with van der Waals surface area (Å²) in [6, 6.07) is 4.68. The SMILES string of the molecule is CCCCCCCCCC(=O)Oc1ccc2c3c1O[C@H]1C4(OC)CC[C@]5(C[C@@H]4[C@](C)(O)C(C)(C)C)[C@@H](C2)N(CC2CC2)CC[C@]315. The summed E-state index contributed by atoms with van der Waals surface area (Å²) in [6.07, 6.45) is 16.1. The number of ether oxygens (including phenoxy) is 3. The molecule has 0 aromatic heterocycles. The minimum Gasteiger partial charge on any atom is -0.482 e. The number of carbonyl (C=O) groups excluding carboxylic acids is 1. The average Bonchev–Trinajstić information content (AvgIpc) is 3.75. The van der Waals surface area contributed by atoms with E-state index in [1.807, 2.05) is 20.1 Å². The Morgan fingerprint density at radius 2 is 1.78 bits per heavy atom. The topological polar surface area (TPSA) is 68.2 Å². The van der Waals surface area contributed by atoms with Crippen LogP contribution in [0.5, 0.6) is 11.5 Å². The van der Waals surface area contributed by atoms with E-state index in [-0.39, 0.29) is 34.2 Å². The van der Waals surface area contributed by atoms with Crippen LogP contribution in [0.15, 0.2) is 12.1 Å². The molecule has 0 amide bonds. The van der Waals surface area contributed by atoms with E-state index in [2.05, 4.69) is 38.7 Å². The number of hydrogen-bond acceptors (Lipinski definition) is 6. The van der Waals surface area contributed by atoms with Crippen LogP contribution >= 0.6 is 0 Å². The van der Waals surface area contributed by atoms with Crippen molar-refractivity contribution in [2.45, 2.75) is 160 Å². The minimum absolute atomic E-state index is 0.0103. The lowest BCUT2D eigenvalue weighted by Gasteiger charge is -2.75. The third kappa shape index (κ3) is 4.61. The molecule has 4 bridgehead atoms. The molecule has 5 fully saturated rings. The van der Waals surface area contributed by atoms with Gasteiger partial charge in [0.1, 0.15) is 11.7 Å². The zero-order valence-electron chi connectivity index (χ0n) is 29.0. The Morgan fingerprint density at radius 3 is 2.47 bits per heavy atom. The van der Waals surface area contributed by atoms with Gasteiger partial charge in [0.05, 0.1) is 5.60 Å². The van der Waals surface area contributed by atoms with Crippen LogP contribution in [0.3, 0.4) is 0 Å². The standard InChI is InChI=1S/C39H59NO5/c1-7-8-9-10-11-12-13-14-31(41)44-28-18-17-27-23-30-37-19-20-39(43-6,29(24-37)36(5,42)35(2,3)4)34-38(37,32(27)33(28)45-34)21-22-40(30)25-26-15-16-26/h17-18,26,29-30,34,42H,7-16,19-25H2,1-6H3/t29-,30-,34-,36+,37+,38+,39?/m1/s1. The Kier molecular flexibility index (Phi) is 7.97. The second kappa shape index (κ2) is 11.2. The van der Waals surface area contributed by atoms with Crippen molar-refractivity contribution in [3.63, 3.8) is 0 Å². The number of nitrogens with zero attached hydrogens (tertiary/aromatic N) is 1. The summed E-state index contributed by atoms with van der Waals surface area (Å²) in [5.41, 5.74) is 0.588. The van der Waals surface area contributed by atoms with E-state index in [0.717, 1.165) is 63.2 Å². The molecule has 250 valence electrons. The number of likely N-dealkylation sites (tertiary alicyclic amines) is 1. The summed E-state index contributed by atoms with van der Waals surface area (Å²) < 4.78 is 20.1. The van der Waals surface area contributed by atoms with Crippen molar-refractivity contribution >= 4 is 5.97 Å². The van der Waals surface area contributed by atoms with Crippen molar-refractivity contribution in [1.29, 1.82) is 0 Å².